The molecule has 0 aromatic carbocycles. The van der Waals surface area contributed by atoms with Crippen molar-refractivity contribution in [2.75, 3.05) is 5.32 Å². The van der Waals surface area contributed by atoms with Crippen LogP contribution in [-0.2, 0) is 7.05 Å². The van der Waals surface area contributed by atoms with Crippen LogP contribution in [0.2, 0.25) is 0 Å². The average Bonchev–Trinajstić information content (AvgIpc) is 2.22. The van der Waals surface area contributed by atoms with Gasteiger partial charge in [0.1, 0.15) is 0 Å². The fraction of sp³-hybridized carbons (Fsp3) is 0.667. The Balaban J connectivity index is 2.59. The highest BCUT2D eigenvalue weighted by molar-refractivity contribution is 5.31. The van der Waals surface area contributed by atoms with Gasteiger partial charge in [0.2, 0.25) is 0 Å². The fourth-order valence-electron chi connectivity index (χ4n) is 1.49. The normalized spacial score (nSPS) is 12.8. The van der Waals surface area contributed by atoms with Crippen LogP contribution in [0.3, 0.4) is 0 Å². The summed E-state index contributed by atoms with van der Waals surface area (Å²) < 4.78 is 1.53. The van der Waals surface area contributed by atoms with Gasteiger partial charge in [-0.3, -0.25) is 4.79 Å². The SMILES string of the molecule is CC(C)CCC(C)Nc1nccn(C)c1=O. The predicted octanol–water partition coefficient (Wildman–Crippen LogP) is 2.02. The third-order valence-electron chi connectivity index (χ3n) is 2.58. The quantitative estimate of drug-likeness (QED) is 0.830. The number of hydrogen-bond acceptors (Lipinski definition) is 3. The smallest absolute Gasteiger partial charge is 0.293 e. The Morgan fingerprint density at radius 3 is 2.69 bits per heavy atom. The molecule has 1 aromatic rings. The first-order chi connectivity index (χ1) is 7.50. The molecule has 1 unspecified atom stereocenters. The number of aromatic nitrogens is 2. The molecule has 0 aliphatic carbocycles. The van der Waals surface area contributed by atoms with E-state index in [1.165, 1.54) is 4.57 Å². The van der Waals surface area contributed by atoms with E-state index >= 15 is 0 Å². The molecule has 1 heterocycles. The van der Waals surface area contributed by atoms with Gasteiger partial charge < -0.3 is 9.88 Å². The van der Waals surface area contributed by atoms with Gasteiger partial charge in [-0.15, -0.1) is 0 Å². The Labute approximate surface area is 96.7 Å². The highest BCUT2D eigenvalue weighted by Gasteiger charge is 2.07. The molecule has 0 saturated heterocycles. The monoisotopic (exact) mass is 223 g/mol. The van der Waals surface area contributed by atoms with E-state index in [4.69, 9.17) is 0 Å². The van der Waals surface area contributed by atoms with Crippen LogP contribution >= 0.6 is 0 Å². The second-order valence-electron chi connectivity index (χ2n) is 4.71. The van der Waals surface area contributed by atoms with Crippen LogP contribution in [0.15, 0.2) is 17.2 Å². The summed E-state index contributed by atoms with van der Waals surface area (Å²) in [5, 5.41) is 3.16. The Morgan fingerprint density at radius 1 is 1.38 bits per heavy atom. The number of hydrogen-bond donors (Lipinski definition) is 1. The summed E-state index contributed by atoms with van der Waals surface area (Å²) in [4.78, 5) is 15.7. The summed E-state index contributed by atoms with van der Waals surface area (Å²) >= 11 is 0. The van der Waals surface area contributed by atoms with Crippen molar-refractivity contribution in [2.45, 2.75) is 39.7 Å². The third-order valence-corrected chi connectivity index (χ3v) is 2.58. The Morgan fingerprint density at radius 2 is 2.06 bits per heavy atom. The van der Waals surface area contributed by atoms with E-state index < -0.39 is 0 Å². The molecule has 0 saturated carbocycles. The Bertz CT molecular complexity index is 384. The van der Waals surface area contributed by atoms with E-state index in [1.54, 1.807) is 19.4 Å². The molecule has 0 spiro atoms. The molecule has 0 fully saturated rings. The molecule has 1 rings (SSSR count). The standard InChI is InChI=1S/C12H21N3O/c1-9(2)5-6-10(3)14-11-12(16)15(4)8-7-13-11/h7-10H,5-6H2,1-4H3,(H,13,14). The molecule has 0 radical (unpaired) electrons. The average molecular weight is 223 g/mol. The van der Waals surface area contributed by atoms with Gasteiger partial charge >= 0.3 is 0 Å². The van der Waals surface area contributed by atoms with Crippen LogP contribution in [-0.4, -0.2) is 15.6 Å². The summed E-state index contributed by atoms with van der Waals surface area (Å²) in [5.74, 6) is 1.14. The molecule has 0 aliphatic rings. The van der Waals surface area contributed by atoms with Crippen molar-refractivity contribution in [3.05, 3.63) is 22.7 Å². The van der Waals surface area contributed by atoms with Gasteiger partial charge in [-0.05, 0) is 25.7 Å². The van der Waals surface area contributed by atoms with E-state index in [-0.39, 0.29) is 11.6 Å². The minimum atomic E-state index is -0.0705. The summed E-state index contributed by atoms with van der Waals surface area (Å²) in [5.41, 5.74) is -0.0705. The maximum Gasteiger partial charge on any atom is 0.293 e. The van der Waals surface area contributed by atoms with Crippen LogP contribution in [0.1, 0.15) is 33.6 Å². The molecule has 4 heteroatoms. The molecule has 0 aliphatic heterocycles. The lowest BCUT2D eigenvalue weighted by Gasteiger charge is -2.15. The second-order valence-corrected chi connectivity index (χ2v) is 4.71. The lowest BCUT2D eigenvalue weighted by molar-refractivity contribution is 0.526. The highest BCUT2D eigenvalue weighted by atomic mass is 16.1. The lowest BCUT2D eigenvalue weighted by Crippen LogP contribution is -2.26. The molecule has 1 aromatic heterocycles. The van der Waals surface area contributed by atoms with Crippen molar-refractivity contribution in [1.29, 1.82) is 0 Å². The van der Waals surface area contributed by atoms with Gasteiger partial charge in [-0.1, -0.05) is 13.8 Å². The highest BCUT2D eigenvalue weighted by Crippen LogP contribution is 2.08. The topological polar surface area (TPSA) is 46.9 Å². The Hall–Kier alpha value is -1.32. The zero-order valence-corrected chi connectivity index (χ0v) is 10.5. The largest absolute Gasteiger partial charge is 0.363 e. The third kappa shape index (κ3) is 3.68. The van der Waals surface area contributed by atoms with Crippen molar-refractivity contribution in [2.24, 2.45) is 13.0 Å². The van der Waals surface area contributed by atoms with Gasteiger partial charge in [0.15, 0.2) is 5.82 Å². The van der Waals surface area contributed by atoms with Crippen molar-refractivity contribution in [3.63, 3.8) is 0 Å². The van der Waals surface area contributed by atoms with Crippen LogP contribution in [0.25, 0.3) is 0 Å². The second kappa shape index (κ2) is 5.68. The molecule has 16 heavy (non-hydrogen) atoms. The van der Waals surface area contributed by atoms with Gasteiger partial charge in [0, 0.05) is 25.5 Å². The summed E-state index contributed by atoms with van der Waals surface area (Å²) in [6.45, 7) is 6.48. The molecular formula is C12H21N3O. The van der Waals surface area contributed by atoms with Crippen molar-refractivity contribution in [3.8, 4) is 0 Å². The van der Waals surface area contributed by atoms with Gasteiger partial charge in [-0.2, -0.15) is 0 Å². The van der Waals surface area contributed by atoms with Gasteiger partial charge in [0.25, 0.3) is 5.56 Å². The molecule has 4 nitrogen and oxygen atoms in total. The molecular weight excluding hydrogens is 202 g/mol. The van der Waals surface area contributed by atoms with E-state index in [9.17, 15) is 4.79 Å². The van der Waals surface area contributed by atoms with Gasteiger partial charge in [0.05, 0.1) is 0 Å². The first-order valence-electron chi connectivity index (χ1n) is 5.79. The van der Waals surface area contributed by atoms with Crippen LogP contribution in [0, 0.1) is 5.92 Å². The van der Waals surface area contributed by atoms with Crippen molar-refractivity contribution >= 4 is 5.82 Å². The first kappa shape index (κ1) is 12.7. The van der Waals surface area contributed by atoms with E-state index in [2.05, 4.69) is 31.1 Å². The van der Waals surface area contributed by atoms with E-state index in [0.29, 0.717) is 11.7 Å². The summed E-state index contributed by atoms with van der Waals surface area (Å²) in [6, 6.07) is 0.282. The molecule has 1 N–H and O–H groups in total. The van der Waals surface area contributed by atoms with Gasteiger partial charge in [-0.25, -0.2) is 4.98 Å². The zero-order chi connectivity index (χ0) is 12.1. The number of nitrogens with zero attached hydrogens (tertiary/aromatic N) is 2. The summed E-state index contributed by atoms with van der Waals surface area (Å²) in [6.07, 6.45) is 5.50. The number of rotatable bonds is 5. The molecule has 0 amide bonds. The van der Waals surface area contributed by atoms with Crippen LogP contribution in [0.4, 0.5) is 5.82 Å². The molecule has 90 valence electrons. The number of nitrogens with one attached hydrogen (secondary N) is 1. The Kier molecular flexibility index (Phi) is 4.52. The van der Waals surface area contributed by atoms with Crippen molar-refractivity contribution < 1.29 is 0 Å². The minimum Gasteiger partial charge on any atom is -0.363 e. The molecule has 1 atom stereocenters. The predicted molar refractivity (Wildman–Crippen MR) is 66.6 cm³/mol. The zero-order valence-electron chi connectivity index (χ0n) is 10.5. The van der Waals surface area contributed by atoms with E-state index in [0.717, 1.165) is 12.8 Å². The van der Waals surface area contributed by atoms with E-state index in [1.807, 2.05) is 0 Å². The van der Waals surface area contributed by atoms with Crippen LogP contribution < -0.4 is 10.9 Å². The fourth-order valence-corrected chi connectivity index (χ4v) is 1.49. The number of aryl methyl sites for hydroxylation is 1. The molecule has 0 bridgehead atoms. The minimum absolute atomic E-state index is 0.0705. The lowest BCUT2D eigenvalue weighted by atomic mass is 10.0. The number of anilines is 1. The van der Waals surface area contributed by atoms with Crippen molar-refractivity contribution in [1.82, 2.24) is 9.55 Å². The maximum atomic E-state index is 11.7. The maximum absolute atomic E-state index is 11.7. The summed E-state index contributed by atoms with van der Waals surface area (Å²) in [7, 11) is 1.73. The first-order valence-corrected chi connectivity index (χ1v) is 5.79. The van der Waals surface area contributed by atoms with Crippen LogP contribution in [0.5, 0.6) is 0 Å².